The maximum Gasteiger partial charge on any atom is 0.255 e. The summed E-state index contributed by atoms with van der Waals surface area (Å²) in [6.45, 7) is 6.08. The molecule has 3 N–H and O–H groups in total. The molecule has 0 aliphatic heterocycles. The summed E-state index contributed by atoms with van der Waals surface area (Å²) in [5.41, 5.74) is 5.33. The van der Waals surface area contributed by atoms with E-state index < -0.39 is 5.91 Å². The first kappa shape index (κ1) is 17.5. The van der Waals surface area contributed by atoms with Crippen LogP contribution < -0.4 is 15.8 Å². The molecule has 1 heterocycles. The largest absolute Gasteiger partial charge is 0.484 e. The van der Waals surface area contributed by atoms with Crippen molar-refractivity contribution in [3.05, 3.63) is 47.7 Å². The summed E-state index contributed by atoms with van der Waals surface area (Å²) in [6.07, 6.45) is 1.67. The van der Waals surface area contributed by atoms with Crippen molar-refractivity contribution in [2.24, 2.45) is 5.73 Å². The average molecular weight is 331 g/mol. The molecule has 0 saturated heterocycles. The van der Waals surface area contributed by atoms with E-state index in [1.807, 2.05) is 20.8 Å². The van der Waals surface area contributed by atoms with E-state index in [1.54, 1.807) is 30.5 Å². The van der Waals surface area contributed by atoms with Gasteiger partial charge >= 0.3 is 0 Å². The summed E-state index contributed by atoms with van der Waals surface area (Å²) in [5, 5.41) is 2.74. The molecule has 1 aromatic heterocycles. The summed E-state index contributed by atoms with van der Waals surface area (Å²) in [4.78, 5) is 26.9. The van der Waals surface area contributed by atoms with Crippen LogP contribution >= 0.6 is 0 Å². The summed E-state index contributed by atoms with van der Waals surface area (Å²) in [7, 11) is 0. The average Bonchev–Trinajstić information content (AvgIpc) is 3.00. The third-order valence-corrected chi connectivity index (χ3v) is 3.19. The number of hydrogen-bond donors (Lipinski definition) is 2. The third-order valence-electron chi connectivity index (χ3n) is 3.19. The molecule has 0 radical (unpaired) electrons. The Labute approximate surface area is 140 Å². The lowest BCUT2D eigenvalue weighted by Crippen LogP contribution is -2.23. The second-order valence-electron chi connectivity index (χ2n) is 6.33. The molecule has 2 aromatic rings. The van der Waals surface area contributed by atoms with Gasteiger partial charge in [-0.15, -0.1) is 0 Å². The topological polar surface area (TPSA) is 107 Å². The molecule has 0 unspecified atom stereocenters. The zero-order chi connectivity index (χ0) is 17.7. The Morgan fingerprint density at radius 3 is 2.46 bits per heavy atom. The highest BCUT2D eigenvalue weighted by molar-refractivity contribution is 5.94. The summed E-state index contributed by atoms with van der Waals surface area (Å²) in [5.74, 6) is 0.870. The number of hydrogen-bond acceptors (Lipinski definition) is 5. The van der Waals surface area contributed by atoms with Crippen LogP contribution in [0.5, 0.6) is 5.75 Å². The van der Waals surface area contributed by atoms with Crippen LogP contribution in [0.25, 0.3) is 0 Å². The van der Waals surface area contributed by atoms with Crippen LogP contribution in [0.3, 0.4) is 0 Å². The molecule has 24 heavy (non-hydrogen) atoms. The number of carbonyl (C=O) groups is 2. The monoisotopic (exact) mass is 331 g/mol. The SMILES string of the molecule is CC(C)(C)c1cnc(CNC(=O)c2ccc(OCC(N)=O)cc2)o1. The Morgan fingerprint density at radius 1 is 1.25 bits per heavy atom. The van der Waals surface area contributed by atoms with Gasteiger partial charge in [0.05, 0.1) is 12.7 Å². The summed E-state index contributed by atoms with van der Waals surface area (Å²) in [6, 6.07) is 6.39. The van der Waals surface area contributed by atoms with E-state index in [1.165, 1.54) is 0 Å². The van der Waals surface area contributed by atoms with E-state index in [0.717, 1.165) is 5.76 Å². The van der Waals surface area contributed by atoms with E-state index in [9.17, 15) is 9.59 Å². The van der Waals surface area contributed by atoms with E-state index in [2.05, 4.69) is 10.3 Å². The molecule has 128 valence electrons. The van der Waals surface area contributed by atoms with E-state index in [4.69, 9.17) is 14.9 Å². The molecule has 0 aliphatic rings. The number of primary amides is 1. The fraction of sp³-hybridized carbons (Fsp3) is 0.353. The molecule has 2 rings (SSSR count). The number of carbonyl (C=O) groups excluding carboxylic acids is 2. The third kappa shape index (κ3) is 4.84. The molecule has 2 amide bonds. The van der Waals surface area contributed by atoms with Gasteiger partial charge in [-0.05, 0) is 24.3 Å². The van der Waals surface area contributed by atoms with Gasteiger partial charge in [0.2, 0.25) is 5.89 Å². The first-order valence-electron chi connectivity index (χ1n) is 7.50. The van der Waals surface area contributed by atoms with Crippen LogP contribution in [0.2, 0.25) is 0 Å². The quantitative estimate of drug-likeness (QED) is 0.838. The Kier molecular flexibility index (Phi) is 5.23. The second kappa shape index (κ2) is 7.16. The van der Waals surface area contributed by atoms with Crippen molar-refractivity contribution < 1.29 is 18.7 Å². The number of oxazole rings is 1. The highest BCUT2D eigenvalue weighted by Gasteiger charge is 2.19. The number of nitrogens with zero attached hydrogens (tertiary/aromatic N) is 1. The molecule has 1 aromatic carbocycles. The minimum absolute atomic E-state index is 0.129. The van der Waals surface area contributed by atoms with Gasteiger partial charge in [-0.1, -0.05) is 20.8 Å². The van der Waals surface area contributed by atoms with Gasteiger partial charge < -0.3 is 20.2 Å². The normalized spacial score (nSPS) is 11.1. The number of benzene rings is 1. The molecule has 0 fully saturated rings. The van der Waals surface area contributed by atoms with Crippen LogP contribution in [0.15, 0.2) is 34.9 Å². The predicted molar refractivity (Wildman–Crippen MR) is 87.5 cm³/mol. The van der Waals surface area contributed by atoms with E-state index in [-0.39, 0.29) is 24.5 Å². The Bertz CT molecular complexity index is 714. The lowest BCUT2D eigenvalue weighted by atomic mass is 9.94. The number of rotatable bonds is 6. The first-order valence-corrected chi connectivity index (χ1v) is 7.50. The van der Waals surface area contributed by atoms with Crippen molar-refractivity contribution in [1.82, 2.24) is 10.3 Å². The van der Waals surface area contributed by atoms with Crippen molar-refractivity contribution in [2.45, 2.75) is 32.7 Å². The molecule has 7 heteroatoms. The van der Waals surface area contributed by atoms with Crippen molar-refractivity contribution >= 4 is 11.8 Å². The van der Waals surface area contributed by atoms with E-state index >= 15 is 0 Å². The summed E-state index contributed by atoms with van der Waals surface area (Å²) >= 11 is 0. The highest BCUT2D eigenvalue weighted by Crippen LogP contribution is 2.22. The lowest BCUT2D eigenvalue weighted by Gasteiger charge is -2.13. The van der Waals surface area contributed by atoms with Gasteiger partial charge in [-0.25, -0.2) is 4.98 Å². The van der Waals surface area contributed by atoms with Gasteiger partial charge in [-0.3, -0.25) is 9.59 Å². The highest BCUT2D eigenvalue weighted by atomic mass is 16.5. The Balaban J connectivity index is 1.90. The maximum atomic E-state index is 12.1. The van der Waals surface area contributed by atoms with Gasteiger partial charge in [0.1, 0.15) is 11.5 Å². The Morgan fingerprint density at radius 2 is 1.92 bits per heavy atom. The molecule has 0 atom stereocenters. The van der Waals surface area contributed by atoms with Gasteiger partial charge in [0.25, 0.3) is 11.8 Å². The zero-order valence-corrected chi connectivity index (χ0v) is 14.0. The standard InChI is InChI=1S/C17H21N3O4/c1-17(2,3)13-8-19-15(24-13)9-20-16(22)11-4-6-12(7-5-11)23-10-14(18)21/h4-8H,9-10H2,1-3H3,(H2,18,21)(H,20,22). The predicted octanol–water partition coefficient (Wildman–Crippen LogP) is 1.77. The second-order valence-corrected chi connectivity index (χ2v) is 6.33. The van der Waals surface area contributed by atoms with Gasteiger partial charge in [0, 0.05) is 11.0 Å². The number of nitrogens with one attached hydrogen (secondary N) is 1. The fourth-order valence-corrected chi connectivity index (χ4v) is 1.85. The number of ether oxygens (including phenoxy) is 1. The zero-order valence-electron chi connectivity index (χ0n) is 14.0. The number of aromatic nitrogens is 1. The van der Waals surface area contributed by atoms with Crippen molar-refractivity contribution in [2.75, 3.05) is 6.61 Å². The number of amides is 2. The molecule has 0 aliphatic carbocycles. The smallest absolute Gasteiger partial charge is 0.255 e. The minimum Gasteiger partial charge on any atom is -0.484 e. The lowest BCUT2D eigenvalue weighted by molar-refractivity contribution is -0.119. The molecular formula is C17H21N3O4. The number of nitrogens with two attached hydrogens (primary N) is 1. The summed E-state index contributed by atoms with van der Waals surface area (Å²) < 4.78 is 10.8. The molecule has 0 saturated carbocycles. The van der Waals surface area contributed by atoms with Crippen molar-refractivity contribution in [1.29, 1.82) is 0 Å². The van der Waals surface area contributed by atoms with Crippen LogP contribution in [-0.2, 0) is 16.8 Å². The fourth-order valence-electron chi connectivity index (χ4n) is 1.85. The van der Waals surface area contributed by atoms with E-state index in [0.29, 0.717) is 17.2 Å². The molecule has 0 bridgehead atoms. The van der Waals surface area contributed by atoms with Crippen LogP contribution in [0.1, 0.15) is 42.8 Å². The molecule has 0 spiro atoms. The minimum atomic E-state index is -0.558. The van der Waals surface area contributed by atoms with Crippen molar-refractivity contribution in [3.8, 4) is 5.75 Å². The van der Waals surface area contributed by atoms with Crippen molar-refractivity contribution in [3.63, 3.8) is 0 Å². The Hall–Kier alpha value is -2.83. The molecule has 7 nitrogen and oxygen atoms in total. The van der Waals surface area contributed by atoms with Crippen LogP contribution in [0.4, 0.5) is 0 Å². The van der Waals surface area contributed by atoms with Crippen LogP contribution in [-0.4, -0.2) is 23.4 Å². The van der Waals surface area contributed by atoms with Crippen LogP contribution in [0, 0.1) is 0 Å². The van der Waals surface area contributed by atoms with Gasteiger partial charge in [0.15, 0.2) is 6.61 Å². The molecular weight excluding hydrogens is 310 g/mol. The first-order chi connectivity index (χ1) is 11.3. The van der Waals surface area contributed by atoms with Gasteiger partial charge in [-0.2, -0.15) is 0 Å². The maximum absolute atomic E-state index is 12.1.